The van der Waals surface area contributed by atoms with Crippen LogP contribution in [-0.4, -0.2) is 45.3 Å². The van der Waals surface area contributed by atoms with E-state index in [4.69, 9.17) is 4.52 Å². The first-order chi connectivity index (χ1) is 11.0. The van der Waals surface area contributed by atoms with Gasteiger partial charge in [0.15, 0.2) is 0 Å². The number of aryl methyl sites for hydroxylation is 2. The topological polar surface area (TPSA) is 87.0 Å². The van der Waals surface area contributed by atoms with Gasteiger partial charge in [0.1, 0.15) is 0 Å². The zero-order valence-electron chi connectivity index (χ0n) is 13.8. The molecule has 3 heterocycles. The summed E-state index contributed by atoms with van der Waals surface area (Å²) in [5, 5.41) is 13.9. The molecule has 2 N–H and O–H groups in total. The molecule has 0 aliphatic carbocycles. The molecule has 0 radical (unpaired) electrons. The zero-order valence-corrected chi connectivity index (χ0v) is 13.8. The molecular formula is C16H23N5O2. The molecule has 0 saturated carbocycles. The van der Waals surface area contributed by atoms with Crippen molar-refractivity contribution in [1.82, 2.24) is 20.3 Å². The van der Waals surface area contributed by atoms with E-state index in [0.717, 1.165) is 43.0 Å². The minimum Gasteiger partial charge on any atom is -0.338 e. The smallest absolute Gasteiger partial charge is 0.243 e. The van der Waals surface area contributed by atoms with Crippen LogP contribution in [0.5, 0.6) is 0 Å². The van der Waals surface area contributed by atoms with E-state index in [2.05, 4.69) is 31.6 Å². The molecule has 2 aromatic rings. The molecule has 2 aromatic heterocycles. The summed E-state index contributed by atoms with van der Waals surface area (Å²) in [5.41, 5.74) is 2.91. The number of aromatic amines is 1. The molecule has 7 heteroatoms. The SMILES string of the molecule is Cc1cc(NC(=O)C(C)N2CCCC(c3cc(C)[nH]n3)C2)on1. The molecule has 7 nitrogen and oxygen atoms in total. The second kappa shape index (κ2) is 6.54. The number of carbonyl (C=O) groups excluding carboxylic acids is 1. The number of hydrogen-bond acceptors (Lipinski definition) is 5. The molecule has 1 aliphatic heterocycles. The van der Waals surface area contributed by atoms with Gasteiger partial charge < -0.3 is 4.52 Å². The highest BCUT2D eigenvalue weighted by Crippen LogP contribution is 2.27. The second-order valence-electron chi connectivity index (χ2n) is 6.31. The lowest BCUT2D eigenvalue weighted by Gasteiger charge is -2.35. The third-order valence-electron chi connectivity index (χ3n) is 4.40. The van der Waals surface area contributed by atoms with E-state index in [9.17, 15) is 4.79 Å². The Hall–Kier alpha value is -2.15. The van der Waals surface area contributed by atoms with Crippen molar-refractivity contribution in [3.63, 3.8) is 0 Å². The fourth-order valence-corrected chi connectivity index (χ4v) is 3.06. The first-order valence-corrected chi connectivity index (χ1v) is 8.03. The van der Waals surface area contributed by atoms with Crippen molar-refractivity contribution in [2.75, 3.05) is 18.4 Å². The van der Waals surface area contributed by atoms with E-state index in [0.29, 0.717) is 11.8 Å². The largest absolute Gasteiger partial charge is 0.338 e. The Morgan fingerprint density at radius 2 is 2.30 bits per heavy atom. The molecule has 1 amide bonds. The quantitative estimate of drug-likeness (QED) is 0.903. The van der Waals surface area contributed by atoms with E-state index in [1.54, 1.807) is 6.07 Å². The molecule has 3 rings (SSSR count). The van der Waals surface area contributed by atoms with Crippen molar-refractivity contribution < 1.29 is 9.32 Å². The number of hydrogen-bond donors (Lipinski definition) is 2. The van der Waals surface area contributed by atoms with Gasteiger partial charge in [-0.3, -0.25) is 20.1 Å². The van der Waals surface area contributed by atoms with Crippen LogP contribution in [0.2, 0.25) is 0 Å². The highest BCUT2D eigenvalue weighted by atomic mass is 16.5. The maximum atomic E-state index is 12.4. The molecule has 0 aromatic carbocycles. The van der Waals surface area contributed by atoms with Crippen LogP contribution in [0.1, 0.15) is 42.8 Å². The first kappa shape index (κ1) is 15.7. The number of amides is 1. The van der Waals surface area contributed by atoms with Crippen molar-refractivity contribution in [2.24, 2.45) is 0 Å². The van der Waals surface area contributed by atoms with E-state index in [-0.39, 0.29) is 11.9 Å². The number of likely N-dealkylation sites (tertiary alicyclic amines) is 1. The summed E-state index contributed by atoms with van der Waals surface area (Å²) in [6.07, 6.45) is 2.17. The Morgan fingerprint density at radius 1 is 1.48 bits per heavy atom. The van der Waals surface area contributed by atoms with Gasteiger partial charge in [0.2, 0.25) is 11.8 Å². The summed E-state index contributed by atoms with van der Waals surface area (Å²) >= 11 is 0. The number of nitrogens with zero attached hydrogens (tertiary/aromatic N) is 3. The average molecular weight is 317 g/mol. The zero-order chi connectivity index (χ0) is 16.4. The number of piperidine rings is 1. The van der Waals surface area contributed by atoms with Crippen LogP contribution in [-0.2, 0) is 4.79 Å². The molecule has 1 fully saturated rings. The van der Waals surface area contributed by atoms with Crippen LogP contribution in [0.15, 0.2) is 16.7 Å². The number of rotatable bonds is 4. The molecule has 2 unspecified atom stereocenters. The Morgan fingerprint density at radius 3 is 2.96 bits per heavy atom. The molecular weight excluding hydrogens is 294 g/mol. The number of anilines is 1. The maximum Gasteiger partial charge on any atom is 0.243 e. The summed E-state index contributed by atoms with van der Waals surface area (Å²) in [6, 6.07) is 3.59. The summed E-state index contributed by atoms with van der Waals surface area (Å²) in [6.45, 7) is 7.52. The summed E-state index contributed by atoms with van der Waals surface area (Å²) in [5.74, 6) is 0.701. The fourth-order valence-electron chi connectivity index (χ4n) is 3.06. The minimum absolute atomic E-state index is 0.0694. The van der Waals surface area contributed by atoms with Crippen LogP contribution >= 0.6 is 0 Å². The number of carbonyl (C=O) groups is 1. The van der Waals surface area contributed by atoms with Crippen molar-refractivity contribution in [3.8, 4) is 0 Å². The van der Waals surface area contributed by atoms with Crippen molar-refractivity contribution >= 4 is 11.8 Å². The number of aromatic nitrogens is 3. The van der Waals surface area contributed by atoms with Crippen LogP contribution in [0.25, 0.3) is 0 Å². The minimum atomic E-state index is -0.219. The van der Waals surface area contributed by atoms with Gasteiger partial charge in [-0.05, 0) is 46.2 Å². The Bertz CT molecular complexity index is 678. The van der Waals surface area contributed by atoms with Crippen LogP contribution < -0.4 is 5.32 Å². The van der Waals surface area contributed by atoms with Gasteiger partial charge in [-0.1, -0.05) is 5.16 Å². The summed E-state index contributed by atoms with van der Waals surface area (Å²) in [7, 11) is 0. The van der Waals surface area contributed by atoms with Crippen LogP contribution in [0, 0.1) is 13.8 Å². The predicted octanol–water partition coefficient (Wildman–Crippen LogP) is 2.22. The standard InChI is InChI=1S/C16H23N5O2/c1-10-7-14(19-18-10)13-5-4-6-21(9-13)12(3)16(22)17-15-8-11(2)20-23-15/h7-8,12-13H,4-6,9H2,1-3H3,(H,17,22)(H,18,19). The monoisotopic (exact) mass is 317 g/mol. The van der Waals surface area contributed by atoms with Crippen molar-refractivity contribution in [2.45, 2.75) is 45.6 Å². The molecule has 124 valence electrons. The molecule has 23 heavy (non-hydrogen) atoms. The molecule has 0 bridgehead atoms. The normalized spacial score (nSPS) is 20.4. The Balaban J connectivity index is 1.62. The summed E-state index contributed by atoms with van der Waals surface area (Å²) < 4.78 is 5.05. The van der Waals surface area contributed by atoms with E-state index in [1.807, 2.05) is 20.8 Å². The van der Waals surface area contributed by atoms with Crippen molar-refractivity contribution in [1.29, 1.82) is 0 Å². The van der Waals surface area contributed by atoms with Crippen LogP contribution in [0.4, 0.5) is 5.88 Å². The van der Waals surface area contributed by atoms with Gasteiger partial charge in [0, 0.05) is 24.2 Å². The third-order valence-corrected chi connectivity index (χ3v) is 4.40. The van der Waals surface area contributed by atoms with Crippen molar-refractivity contribution in [3.05, 3.63) is 29.2 Å². The fraction of sp³-hybridized carbons (Fsp3) is 0.562. The van der Waals surface area contributed by atoms with E-state index >= 15 is 0 Å². The molecule has 1 saturated heterocycles. The number of nitrogens with one attached hydrogen (secondary N) is 2. The average Bonchev–Trinajstić information content (AvgIpc) is 3.15. The van der Waals surface area contributed by atoms with Gasteiger partial charge in [-0.15, -0.1) is 0 Å². The molecule has 0 spiro atoms. The Kier molecular flexibility index (Phi) is 4.47. The summed E-state index contributed by atoms with van der Waals surface area (Å²) in [4.78, 5) is 14.6. The van der Waals surface area contributed by atoms with E-state index < -0.39 is 0 Å². The molecule has 1 aliphatic rings. The lowest BCUT2D eigenvalue weighted by Crippen LogP contribution is -2.46. The predicted molar refractivity (Wildman–Crippen MR) is 86.2 cm³/mol. The lowest BCUT2D eigenvalue weighted by atomic mass is 9.93. The molecule has 2 atom stereocenters. The lowest BCUT2D eigenvalue weighted by molar-refractivity contribution is -0.121. The third kappa shape index (κ3) is 3.61. The highest BCUT2D eigenvalue weighted by molar-refractivity contribution is 5.93. The van der Waals surface area contributed by atoms with Gasteiger partial charge in [0.05, 0.1) is 17.4 Å². The van der Waals surface area contributed by atoms with Gasteiger partial charge in [0.25, 0.3) is 0 Å². The Labute approximate surface area is 135 Å². The van der Waals surface area contributed by atoms with Crippen LogP contribution in [0.3, 0.4) is 0 Å². The maximum absolute atomic E-state index is 12.4. The highest BCUT2D eigenvalue weighted by Gasteiger charge is 2.29. The second-order valence-corrected chi connectivity index (χ2v) is 6.31. The number of H-pyrrole nitrogens is 1. The van der Waals surface area contributed by atoms with E-state index in [1.165, 1.54) is 0 Å². The van der Waals surface area contributed by atoms with Gasteiger partial charge >= 0.3 is 0 Å². The van der Waals surface area contributed by atoms with Gasteiger partial charge in [-0.2, -0.15) is 5.10 Å². The van der Waals surface area contributed by atoms with Gasteiger partial charge in [-0.25, -0.2) is 0 Å². The first-order valence-electron chi connectivity index (χ1n) is 8.03.